The highest BCUT2D eigenvalue weighted by Gasteiger charge is 2.26. The summed E-state index contributed by atoms with van der Waals surface area (Å²) in [4.78, 5) is 14.9. The van der Waals surface area contributed by atoms with Crippen molar-refractivity contribution in [1.82, 2.24) is 20.0 Å². The summed E-state index contributed by atoms with van der Waals surface area (Å²) in [5.41, 5.74) is 2.55. The lowest BCUT2D eigenvalue weighted by molar-refractivity contribution is -0.120. The van der Waals surface area contributed by atoms with Crippen LogP contribution in [0.4, 0.5) is 11.5 Å². The number of piperidine rings is 1. The Hall–Kier alpha value is -3.13. The zero-order chi connectivity index (χ0) is 22.0. The normalized spacial score (nSPS) is 14.5. The Bertz CT molecular complexity index is 1070. The van der Waals surface area contributed by atoms with E-state index in [2.05, 4.69) is 25.5 Å². The number of nitrogens with zero attached hydrogens (tertiary/aromatic N) is 5. The van der Waals surface area contributed by atoms with Gasteiger partial charge in [0, 0.05) is 29.7 Å². The fourth-order valence-corrected chi connectivity index (χ4v) is 4.02. The maximum absolute atomic E-state index is 12.8. The highest BCUT2D eigenvalue weighted by atomic mass is 35.5. The molecule has 0 unspecified atom stereocenters. The van der Waals surface area contributed by atoms with Crippen molar-refractivity contribution >= 4 is 29.0 Å². The molecule has 9 heteroatoms. The van der Waals surface area contributed by atoms with Crippen molar-refractivity contribution in [1.29, 1.82) is 0 Å². The molecule has 3 aromatic rings. The number of nitrogens with one attached hydrogen (secondary N) is 1. The second kappa shape index (κ2) is 8.93. The summed E-state index contributed by atoms with van der Waals surface area (Å²) in [7, 11) is 1.57. The van der Waals surface area contributed by atoms with Gasteiger partial charge in [-0.2, -0.15) is 5.10 Å². The van der Waals surface area contributed by atoms with Gasteiger partial charge in [0.2, 0.25) is 5.91 Å². The summed E-state index contributed by atoms with van der Waals surface area (Å²) in [6.07, 6.45) is 1.46. The fraction of sp³-hybridized carbons (Fsp3) is 0.364. The predicted octanol–water partition coefficient (Wildman–Crippen LogP) is 3.80. The lowest BCUT2D eigenvalue weighted by atomic mass is 9.95. The molecular weight excluding hydrogens is 416 g/mol. The molecule has 1 fully saturated rings. The average Bonchev–Trinajstić information content (AvgIpc) is 3.12. The van der Waals surface area contributed by atoms with E-state index in [1.807, 2.05) is 32.0 Å². The minimum atomic E-state index is -0.0816. The number of aryl methyl sites for hydroxylation is 2. The number of methoxy groups -OCH3 is 1. The van der Waals surface area contributed by atoms with Gasteiger partial charge in [-0.15, -0.1) is 10.2 Å². The van der Waals surface area contributed by atoms with Crippen molar-refractivity contribution < 1.29 is 9.53 Å². The van der Waals surface area contributed by atoms with E-state index >= 15 is 0 Å². The Morgan fingerprint density at radius 1 is 1.10 bits per heavy atom. The quantitative estimate of drug-likeness (QED) is 0.649. The highest BCUT2D eigenvalue weighted by Crippen LogP contribution is 2.29. The van der Waals surface area contributed by atoms with Gasteiger partial charge in [0.15, 0.2) is 11.6 Å². The van der Waals surface area contributed by atoms with E-state index in [1.54, 1.807) is 30.0 Å². The Kier molecular flexibility index (Phi) is 6.08. The first-order valence-corrected chi connectivity index (χ1v) is 10.6. The summed E-state index contributed by atoms with van der Waals surface area (Å²) >= 11 is 6.06. The summed E-state index contributed by atoms with van der Waals surface area (Å²) < 4.78 is 7.10. The molecule has 1 N–H and O–H groups in total. The lowest BCUT2D eigenvalue weighted by Gasteiger charge is -2.31. The van der Waals surface area contributed by atoms with Gasteiger partial charge in [-0.25, -0.2) is 4.68 Å². The van der Waals surface area contributed by atoms with Crippen molar-refractivity contribution in [3.63, 3.8) is 0 Å². The van der Waals surface area contributed by atoms with E-state index < -0.39 is 0 Å². The van der Waals surface area contributed by atoms with E-state index in [0.717, 1.165) is 43.1 Å². The topological polar surface area (TPSA) is 85.2 Å². The number of carbonyl (C=O) groups excluding carboxylic acids is 1. The van der Waals surface area contributed by atoms with Crippen molar-refractivity contribution in [2.75, 3.05) is 30.4 Å². The molecule has 4 rings (SSSR count). The van der Waals surface area contributed by atoms with Crippen LogP contribution in [-0.4, -0.2) is 46.1 Å². The van der Waals surface area contributed by atoms with E-state index in [4.69, 9.17) is 16.3 Å². The van der Waals surface area contributed by atoms with E-state index in [1.165, 1.54) is 0 Å². The molecule has 31 heavy (non-hydrogen) atoms. The number of anilines is 2. The van der Waals surface area contributed by atoms with Crippen molar-refractivity contribution in [3.05, 3.63) is 52.8 Å². The van der Waals surface area contributed by atoms with Crippen LogP contribution < -0.4 is 15.0 Å². The van der Waals surface area contributed by atoms with Gasteiger partial charge < -0.3 is 15.0 Å². The van der Waals surface area contributed by atoms with Gasteiger partial charge >= 0.3 is 0 Å². The van der Waals surface area contributed by atoms with Gasteiger partial charge in [0.1, 0.15) is 5.75 Å². The molecule has 8 nitrogen and oxygen atoms in total. The van der Waals surface area contributed by atoms with E-state index in [0.29, 0.717) is 22.3 Å². The zero-order valence-corrected chi connectivity index (χ0v) is 18.6. The third-order valence-corrected chi connectivity index (χ3v) is 5.71. The molecule has 0 spiro atoms. The molecule has 0 saturated carbocycles. The highest BCUT2D eigenvalue weighted by molar-refractivity contribution is 6.31. The maximum atomic E-state index is 12.8. The minimum Gasteiger partial charge on any atom is -0.495 e. The van der Waals surface area contributed by atoms with Crippen LogP contribution in [0.1, 0.15) is 24.2 Å². The molecule has 3 heterocycles. The Morgan fingerprint density at radius 3 is 2.42 bits per heavy atom. The van der Waals surface area contributed by atoms with Crippen LogP contribution in [0, 0.1) is 19.8 Å². The molecular formula is C22H25ClN6O2. The second-order valence-electron chi connectivity index (χ2n) is 7.68. The molecule has 1 aromatic carbocycles. The largest absolute Gasteiger partial charge is 0.495 e. The number of halogens is 1. The molecule has 162 valence electrons. The van der Waals surface area contributed by atoms with E-state index in [9.17, 15) is 4.79 Å². The van der Waals surface area contributed by atoms with Crippen LogP contribution in [0.15, 0.2) is 36.4 Å². The van der Waals surface area contributed by atoms with Crippen LogP contribution >= 0.6 is 11.6 Å². The number of rotatable bonds is 5. The summed E-state index contributed by atoms with van der Waals surface area (Å²) in [6.45, 7) is 5.41. The number of hydrogen-bond acceptors (Lipinski definition) is 6. The van der Waals surface area contributed by atoms with Crippen LogP contribution in [0.3, 0.4) is 0 Å². The molecule has 0 atom stereocenters. The van der Waals surface area contributed by atoms with Gasteiger partial charge in [-0.05, 0) is 63.1 Å². The van der Waals surface area contributed by atoms with Crippen molar-refractivity contribution in [2.24, 2.45) is 5.92 Å². The second-order valence-corrected chi connectivity index (χ2v) is 8.12. The molecule has 1 amide bonds. The van der Waals surface area contributed by atoms with Gasteiger partial charge in [-0.3, -0.25) is 4.79 Å². The Balaban J connectivity index is 1.37. The number of hydrogen-bond donors (Lipinski definition) is 1. The van der Waals surface area contributed by atoms with Gasteiger partial charge in [-0.1, -0.05) is 11.6 Å². The molecule has 1 aliphatic heterocycles. The first-order chi connectivity index (χ1) is 14.9. The maximum Gasteiger partial charge on any atom is 0.227 e. The standard InChI is InChI=1S/C22H25ClN6O2/c1-14-12-15(2)29(27-14)21-7-6-20(25-26-21)28-10-8-16(9-11-28)22(30)24-18-13-17(23)4-5-19(18)31-3/h4-7,12-13,16H,8-11H2,1-3H3,(H,24,30). The van der Waals surface area contributed by atoms with E-state index in [-0.39, 0.29) is 11.8 Å². The van der Waals surface area contributed by atoms with Gasteiger partial charge in [0.25, 0.3) is 0 Å². The Labute approximate surface area is 186 Å². The summed E-state index contributed by atoms with van der Waals surface area (Å²) in [6, 6.07) is 11.1. The molecule has 2 aromatic heterocycles. The number of benzene rings is 1. The molecule has 0 radical (unpaired) electrons. The first kappa shape index (κ1) is 21.1. The van der Waals surface area contributed by atoms with Gasteiger partial charge in [0.05, 0.1) is 18.5 Å². The minimum absolute atomic E-state index is 0.0221. The van der Waals surface area contributed by atoms with Crippen LogP contribution in [0.5, 0.6) is 5.75 Å². The predicted molar refractivity (Wildman–Crippen MR) is 120 cm³/mol. The molecule has 1 aliphatic rings. The monoisotopic (exact) mass is 440 g/mol. The van der Waals surface area contributed by atoms with Crippen LogP contribution in [0.2, 0.25) is 5.02 Å². The third kappa shape index (κ3) is 4.64. The molecule has 0 aliphatic carbocycles. The molecule has 1 saturated heterocycles. The first-order valence-electron chi connectivity index (χ1n) is 10.2. The third-order valence-electron chi connectivity index (χ3n) is 5.47. The Morgan fingerprint density at radius 2 is 1.81 bits per heavy atom. The fourth-order valence-electron chi connectivity index (χ4n) is 3.84. The smallest absolute Gasteiger partial charge is 0.227 e. The van der Waals surface area contributed by atoms with Crippen LogP contribution in [0.25, 0.3) is 5.82 Å². The lowest BCUT2D eigenvalue weighted by Crippen LogP contribution is -2.38. The SMILES string of the molecule is COc1ccc(Cl)cc1NC(=O)C1CCN(c2ccc(-n3nc(C)cc3C)nn2)CC1. The number of carbonyl (C=O) groups is 1. The number of ether oxygens (including phenoxy) is 1. The van der Waals surface area contributed by atoms with Crippen molar-refractivity contribution in [2.45, 2.75) is 26.7 Å². The molecule has 0 bridgehead atoms. The van der Waals surface area contributed by atoms with Crippen LogP contribution in [-0.2, 0) is 4.79 Å². The van der Waals surface area contributed by atoms with Crippen molar-refractivity contribution in [3.8, 4) is 11.6 Å². The summed E-state index contributed by atoms with van der Waals surface area (Å²) in [5.74, 6) is 1.99. The summed E-state index contributed by atoms with van der Waals surface area (Å²) in [5, 5.41) is 16.7. The zero-order valence-electron chi connectivity index (χ0n) is 17.8. The number of amides is 1. The average molecular weight is 441 g/mol. The number of aromatic nitrogens is 4.